The molecule has 1 N–H and O–H groups in total. The second-order valence-electron chi connectivity index (χ2n) is 10.3. The Morgan fingerprint density at radius 1 is 1.19 bits per heavy atom. The van der Waals surface area contributed by atoms with Crippen molar-refractivity contribution in [2.75, 3.05) is 0 Å². The number of aliphatic hydroxyl groups excluding tert-OH is 1. The lowest BCUT2D eigenvalue weighted by Crippen LogP contribution is -2.48. The van der Waals surface area contributed by atoms with Crippen LogP contribution in [0.4, 0.5) is 0 Å². The first kappa shape index (κ1) is 18.5. The van der Waals surface area contributed by atoms with Gasteiger partial charge in [-0.3, -0.25) is 4.79 Å². The second-order valence-corrected chi connectivity index (χ2v) is 10.3. The number of rotatable bonds is 3. The van der Waals surface area contributed by atoms with Gasteiger partial charge in [0.15, 0.2) is 0 Å². The van der Waals surface area contributed by atoms with Crippen LogP contribution >= 0.6 is 0 Å². The van der Waals surface area contributed by atoms with Crippen molar-refractivity contribution in [3.8, 4) is 0 Å². The number of carbonyl (C=O) groups excluding carboxylic acids is 1. The minimum Gasteiger partial charge on any atom is -0.393 e. The molecule has 3 fully saturated rings. The van der Waals surface area contributed by atoms with E-state index in [2.05, 4.69) is 32.9 Å². The third-order valence-electron chi connectivity index (χ3n) is 9.20. The van der Waals surface area contributed by atoms with Crippen LogP contribution in [0.2, 0.25) is 0 Å². The van der Waals surface area contributed by atoms with Crippen LogP contribution in [0.15, 0.2) is 23.8 Å². The molecule has 0 heterocycles. The van der Waals surface area contributed by atoms with Gasteiger partial charge >= 0.3 is 0 Å². The maximum Gasteiger partial charge on any atom is 0.142 e. The molecule has 0 radical (unpaired) electrons. The third kappa shape index (κ3) is 2.66. The highest BCUT2D eigenvalue weighted by Gasteiger charge is 2.57. The van der Waals surface area contributed by atoms with Crippen molar-refractivity contribution < 1.29 is 9.90 Å². The summed E-state index contributed by atoms with van der Waals surface area (Å²) in [6.07, 6.45) is 17.0. The maximum atomic E-state index is 10.8. The molecule has 2 nitrogen and oxygen atoms in total. The Hall–Kier alpha value is -0.890. The van der Waals surface area contributed by atoms with Crippen molar-refractivity contribution >= 4 is 6.29 Å². The van der Waals surface area contributed by atoms with Crippen LogP contribution in [-0.2, 0) is 4.79 Å². The van der Waals surface area contributed by atoms with Crippen molar-refractivity contribution in [1.82, 2.24) is 0 Å². The quantitative estimate of drug-likeness (QED) is 0.422. The minimum absolute atomic E-state index is 0.0691. The topological polar surface area (TPSA) is 37.3 Å². The van der Waals surface area contributed by atoms with Gasteiger partial charge < -0.3 is 5.11 Å². The Bertz CT molecular complexity index is 620. The number of carbonyl (C=O) groups is 1. The molecule has 0 aromatic carbocycles. The molecule has 0 saturated heterocycles. The Morgan fingerprint density at radius 2 is 2.00 bits per heavy atom. The van der Waals surface area contributed by atoms with Crippen LogP contribution in [-0.4, -0.2) is 17.5 Å². The molecule has 0 amide bonds. The van der Waals surface area contributed by atoms with Crippen molar-refractivity contribution in [1.29, 1.82) is 0 Å². The highest BCUT2D eigenvalue weighted by atomic mass is 16.3. The number of hydrogen-bond acceptors (Lipinski definition) is 2. The molecule has 4 aliphatic carbocycles. The molecule has 4 rings (SSSR count). The lowest BCUT2D eigenvalue weighted by atomic mass is 9.48. The summed E-state index contributed by atoms with van der Waals surface area (Å²) in [5.74, 6) is 3.44. The summed E-state index contributed by atoms with van der Waals surface area (Å²) in [5, 5.41) is 10.2. The van der Waals surface area contributed by atoms with Gasteiger partial charge in [0.05, 0.1) is 6.10 Å². The van der Waals surface area contributed by atoms with Gasteiger partial charge in [0.25, 0.3) is 0 Å². The zero-order valence-corrected chi connectivity index (χ0v) is 16.8. The van der Waals surface area contributed by atoms with Crippen molar-refractivity contribution in [3.63, 3.8) is 0 Å². The first-order chi connectivity index (χ1) is 12.4. The summed E-state index contributed by atoms with van der Waals surface area (Å²) in [6, 6.07) is 0. The monoisotopic (exact) mass is 356 g/mol. The number of fused-ring (bicyclic) bond motifs is 5. The Labute approximate surface area is 159 Å². The van der Waals surface area contributed by atoms with Crippen molar-refractivity contribution in [2.45, 2.75) is 78.2 Å². The highest BCUT2D eigenvalue weighted by Crippen LogP contribution is 2.66. The highest BCUT2D eigenvalue weighted by molar-refractivity contribution is 5.64. The van der Waals surface area contributed by atoms with E-state index in [4.69, 9.17) is 0 Å². The zero-order chi connectivity index (χ0) is 18.5. The molecule has 2 heteroatoms. The number of hydrogen-bond donors (Lipinski definition) is 1. The van der Waals surface area contributed by atoms with Crippen LogP contribution in [0.1, 0.15) is 72.1 Å². The smallest absolute Gasteiger partial charge is 0.142 e. The molecule has 26 heavy (non-hydrogen) atoms. The van der Waals surface area contributed by atoms with Crippen LogP contribution in [0.3, 0.4) is 0 Å². The molecular formula is C24H36O2. The van der Waals surface area contributed by atoms with E-state index in [9.17, 15) is 9.90 Å². The predicted octanol–water partition coefficient (Wildman–Crippen LogP) is 5.32. The first-order valence-corrected chi connectivity index (χ1v) is 10.9. The third-order valence-corrected chi connectivity index (χ3v) is 9.20. The lowest BCUT2D eigenvalue weighted by Gasteiger charge is -2.57. The van der Waals surface area contributed by atoms with Gasteiger partial charge in [0, 0.05) is 0 Å². The van der Waals surface area contributed by atoms with Gasteiger partial charge in [-0.15, -0.1) is 0 Å². The summed E-state index contributed by atoms with van der Waals surface area (Å²) in [5.41, 5.74) is 2.49. The van der Waals surface area contributed by atoms with E-state index < -0.39 is 0 Å². The standard InChI is InChI=1S/C24H36O2/c1-16(5-4-14-25)20-8-9-21-19-7-6-17-15-18(26)10-12-23(17,2)22(19)11-13-24(20,21)3/h4-5,11,14,16-21,26H,6-10,12-13,15H2,1-3H3/b5-4+/t16-,17-,18-,19+,20?,21+,23+,24-/m1/s1. The van der Waals surface area contributed by atoms with Gasteiger partial charge in [-0.2, -0.15) is 0 Å². The van der Waals surface area contributed by atoms with E-state index in [1.807, 2.05) is 0 Å². The molecule has 0 aliphatic heterocycles. The molecular weight excluding hydrogens is 320 g/mol. The summed E-state index contributed by atoms with van der Waals surface area (Å²) < 4.78 is 0. The van der Waals surface area contributed by atoms with E-state index >= 15 is 0 Å². The molecule has 0 bridgehead atoms. The SMILES string of the molecule is C[C@H](/C=C/C=O)C1CC[C@H]2[C@@H]3CC[C@@H]4C[C@H](O)CC[C@]4(C)C3=CC[C@]12C. The van der Waals surface area contributed by atoms with E-state index in [1.54, 1.807) is 11.6 Å². The molecule has 144 valence electrons. The van der Waals surface area contributed by atoms with E-state index in [0.29, 0.717) is 28.6 Å². The fraction of sp³-hybridized carbons (Fsp3) is 0.792. The van der Waals surface area contributed by atoms with Gasteiger partial charge in [-0.25, -0.2) is 0 Å². The van der Waals surface area contributed by atoms with Crippen LogP contribution < -0.4 is 0 Å². The van der Waals surface area contributed by atoms with E-state index in [-0.39, 0.29) is 6.10 Å². The second kappa shape index (κ2) is 6.62. The molecule has 1 unspecified atom stereocenters. The molecule has 8 atom stereocenters. The molecule has 0 spiro atoms. The van der Waals surface area contributed by atoms with Gasteiger partial charge in [0.2, 0.25) is 0 Å². The fourth-order valence-electron chi connectivity index (χ4n) is 7.76. The van der Waals surface area contributed by atoms with Crippen molar-refractivity contribution in [2.24, 2.45) is 40.4 Å². The Balaban J connectivity index is 1.62. The fourth-order valence-corrected chi connectivity index (χ4v) is 7.76. The van der Waals surface area contributed by atoms with Crippen LogP contribution in [0.5, 0.6) is 0 Å². The van der Waals surface area contributed by atoms with Gasteiger partial charge in [-0.1, -0.05) is 38.5 Å². The molecule has 0 aromatic rings. The molecule has 4 aliphatic rings. The summed E-state index contributed by atoms with van der Waals surface area (Å²) in [4.78, 5) is 10.8. The summed E-state index contributed by atoms with van der Waals surface area (Å²) in [7, 11) is 0. The maximum absolute atomic E-state index is 10.8. The average molecular weight is 357 g/mol. The van der Waals surface area contributed by atoms with Gasteiger partial charge in [-0.05, 0) is 97.9 Å². The molecule has 0 aromatic heterocycles. The number of aliphatic hydroxyl groups is 1. The summed E-state index contributed by atoms with van der Waals surface area (Å²) >= 11 is 0. The Kier molecular flexibility index (Phi) is 4.70. The lowest BCUT2D eigenvalue weighted by molar-refractivity contribution is -0.104. The average Bonchev–Trinajstić information content (AvgIpc) is 2.97. The summed E-state index contributed by atoms with van der Waals surface area (Å²) in [6.45, 7) is 7.34. The molecule has 3 saturated carbocycles. The first-order valence-electron chi connectivity index (χ1n) is 10.9. The van der Waals surface area contributed by atoms with Crippen molar-refractivity contribution in [3.05, 3.63) is 23.8 Å². The van der Waals surface area contributed by atoms with Crippen LogP contribution in [0, 0.1) is 40.4 Å². The largest absolute Gasteiger partial charge is 0.393 e. The number of aldehydes is 1. The van der Waals surface area contributed by atoms with E-state index in [0.717, 1.165) is 31.0 Å². The Morgan fingerprint density at radius 3 is 2.77 bits per heavy atom. The minimum atomic E-state index is -0.0691. The zero-order valence-electron chi connectivity index (χ0n) is 16.8. The van der Waals surface area contributed by atoms with Gasteiger partial charge in [0.1, 0.15) is 6.29 Å². The predicted molar refractivity (Wildman–Crippen MR) is 106 cm³/mol. The number of allylic oxidation sites excluding steroid dienone is 4. The van der Waals surface area contributed by atoms with E-state index in [1.165, 1.54) is 38.5 Å². The van der Waals surface area contributed by atoms with Crippen LogP contribution in [0.25, 0.3) is 0 Å². The normalized spacial score (nSPS) is 49.1.